The van der Waals surface area contributed by atoms with E-state index in [4.69, 9.17) is 0 Å². The normalized spacial score (nSPS) is 14.6. The van der Waals surface area contributed by atoms with Crippen LogP contribution in [0.4, 0.5) is 0 Å². The average molecular weight is 291 g/mol. The van der Waals surface area contributed by atoms with Gasteiger partial charge in [-0.15, -0.1) is 0 Å². The molecule has 0 aliphatic rings. The zero-order valence-corrected chi connectivity index (χ0v) is 13.7. The van der Waals surface area contributed by atoms with E-state index in [1.54, 1.807) is 0 Å². The summed E-state index contributed by atoms with van der Waals surface area (Å²) in [5.41, 5.74) is 3.46. The Morgan fingerprint density at radius 2 is 2.15 bits per heavy atom. The van der Waals surface area contributed by atoms with Gasteiger partial charge in [0.05, 0.1) is 11.0 Å². The predicted octanol–water partition coefficient (Wildman–Crippen LogP) is 3.99. The van der Waals surface area contributed by atoms with Gasteiger partial charge in [-0.25, -0.2) is 4.98 Å². The standard InChI is InChI=1S/C16H25N3S/c1-5-12(4)15(17-6-2)10-20-16-18-13-8-7-11(3)9-14(13)19-16/h7-9,12,15,17H,5-6,10H2,1-4H3,(H,18,19). The molecule has 3 nitrogen and oxygen atoms in total. The number of nitrogens with zero attached hydrogens (tertiary/aromatic N) is 1. The number of fused-ring (bicyclic) bond motifs is 1. The molecule has 2 rings (SSSR count). The zero-order chi connectivity index (χ0) is 14.5. The van der Waals surface area contributed by atoms with Crippen LogP contribution in [0.25, 0.3) is 11.0 Å². The third-order valence-electron chi connectivity index (χ3n) is 3.81. The van der Waals surface area contributed by atoms with Crippen LogP contribution in [0.3, 0.4) is 0 Å². The molecule has 0 aliphatic heterocycles. The topological polar surface area (TPSA) is 40.7 Å². The SMILES string of the molecule is CCNC(CSc1nc2ccc(C)cc2[nH]1)C(C)CC. The quantitative estimate of drug-likeness (QED) is 0.758. The highest BCUT2D eigenvalue weighted by Crippen LogP contribution is 2.23. The van der Waals surface area contributed by atoms with Gasteiger partial charge in [0.2, 0.25) is 0 Å². The number of rotatable bonds is 7. The largest absolute Gasteiger partial charge is 0.333 e. The number of benzene rings is 1. The van der Waals surface area contributed by atoms with Crippen LogP contribution in [-0.2, 0) is 0 Å². The second-order valence-corrected chi connectivity index (χ2v) is 6.43. The number of aromatic nitrogens is 2. The van der Waals surface area contributed by atoms with E-state index < -0.39 is 0 Å². The summed E-state index contributed by atoms with van der Waals surface area (Å²) in [6, 6.07) is 6.90. The van der Waals surface area contributed by atoms with Gasteiger partial charge in [-0.1, -0.05) is 45.0 Å². The van der Waals surface area contributed by atoms with E-state index >= 15 is 0 Å². The van der Waals surface area contributed by atoms with E-state index in [0.29, 0.717) is 12.0 Å². The molecule has 0 spiro atoms. The number of H-pyrrole nitrogens is 1. The number of aromatic amines is 1. The Labute approximate surface area is 125 Å². The first kappa shape index (κ1) is 15.4. The van der Waals surface area contributed by atoms with Gasteiger partial charge in [0.25, 0.3) is 0 Å². The van der Waals surface area contributed by atoms with E-state index in [0.717, 1.165) is 28.5 Å². The predicted molar refractivity (Wildman–Crippen MR) is 88.5 cm³/mol. The molecule has 1 heterocycles. The molecule has 0 fully saturated rings. The molecule has 2 N–H and O–H groups in total. The van der Waals surface area contributed by atoms with Crippen LogP contribution in [0.15, 0.2) is 23.4 Å². The molecule has 4 heteroatoms. The fraction of sp³-hybridized carbons (Fsp3) is 0.562. The molecule has 2 aromatic rings. The van der Waals surface area contributed by atoms with Gasteiger partial charge in [0.15, 0.2) is 5.16 Å². The van der Waals surface area contributed by atoms with Crippen molar-refractivity contribution in [2.45, 2.75) is 45.3 Å². The Morgan fingerprint density at radius 3 is 2.85 bits per heavy atom. The first-order chi connectivity index (χ1) is 9.63. The van der Waals surface area contributed by atoms with Crippen molar-refractivity contribution in [1.29, 1.82) is 0 Å². The molecule has 0 saturated carbocycles. The fourth-order valence-corrected chi connectivity index (χ4v) is 3.44. The van der Waals surface area contributed by atoms with Crippen molar-refractivity contribution in [1.82, 2.24) is 15.3 Å². The molecule has 0 radical (unpaired) electrons. The summed E-state index contributed by atoms with van der Waals surface area (Å²) in [7, 11) is 0. The number of nitrogens with one attached hydrogen (secondary N) is 2. The summed E-state index contributed by atoms with van der Waals surface area (Å²) >= 11 is 1.81. The molecule has 0 aliphatic carbocycles. The van der Waals surface area contributed by atoms with Crippen molar-refractivity contribution in [3.8, 4) is 0 Å². The lowest BCUT2D eigenvalue weighted by atomic mass is 10.0. The average Bonchev–Trinajstić information content (AvgIpc) is 2.84. The summed E-state index contributed by atoms with van der Waals surface area (Å²) in [4.78, 5) is 8.07. The molecule has 20 heavy (non-hydrogen) atoms. The lowest BCUT2D eigenvalue weighted by molar-refractivity contribution is 0.404. The number of thioether (sulfide) groups is 1. The lowest BCUT2D eigenvalue weighted by Crippen LogP contribution is -2.36. The molecule has 1 aromatic heterocycles. The molecular weight excluding hydrogens is 266 g/mol. The lowest BCUT2D eigenvalue weighted by Gasteiger charge is -2.22. The first-order valence-electron chi connectivity index (χ1n) is 7.46. The molecule has 0 amide bonds. The van der Waals surface area contributed by atoms with Gasteiger partial charge in [0, 0.05) is 11.8 Å². The molecule has 1 aromatic carbocycles. The van der Waals surface area contributed by atoms with Crippen LogP contribution in [0, 0.1) is 12.8 Å². The van der Waals surface area contributed by atoms with Crippen LogP contribution in [-0.4, -0.2) is 28.3 Å². The molecular formula is C16H25N3S. The van der Waals surface area contributed by atoms with Crippen molar-refractivity contribution in [3.63, 3.8) is 0 Å². The van der Waals surface area contributed by atoms with Crippen molar-refractivity contribution < 1.29 is 0 Å². The van der Waals surface area contributed by atoms with Crippen molar-refractivity contribution >= 4 is 22.8 Å². The van der Waals surface area contributed by atoms with Gasteiger partial charge in [-0.2, -0.15) is 0 Å². The second-order valence-electron chi connectivity index (χ2n) is 5.42. The Balaban J connectivity index is 2.03. The van der Waals surface area contributed by atoms with Crippen molar-refractivity contribution in [3.05, 3.63) is 23.8 Å². The highest BCUT2D eigenvalue weighted by Gasteiger charge is 2.15. The van der Waals surface area contributed by atoms with Gasteiger partial charge < -0.3 is 10.3 Å². The fourth-order valence-electron chi connectivity index (χ4n) is 2.31. The maximum absolute atomic E-state index is 4.65. The van der Waals surface area contributed by atoms with Crippen LogP contribution < -0.4 is 5.32 Å². The maximum atomic E-state index is 4.65. The zero-order valence-electron chi connectivity index (χ0n) is 12.9. The van der Waals surface area contributed by atoms with Crippen molar-refractivity contribution in [2.24, 2.45) is 5.92 Å². The van der Waals surface area contributed by atoms with Gasteiger partial charge in [-0.3, -0.25) is 0 Å². The molecule has 0 saturated heterocycles. The minimum absolute atomic E-state index is 0.546. The summed E-state index contributed by atoms with van der Waals surface area (Å²) in [5.74, 6) is 1.75. The summed E-state index contributed by atoms with van der Waals surface area (Å²) in [6.45, 7) is 9.87. The minimum atomic E-state index is 0.546. The number of hydrogen-bond acceptors (Lipinski definition) is 3. The van der Waals surface area contributed by atoms with E-state index in [1.807, 2.05) is 11.8 Å². The highest BCUT2D eigenvalue weighted by atomic mass is 32.2. The summed E-state index contributed by atoms with van der Waals surface area (Å²) in [5, 5.41) is 4.61. The van der Waals surface area contributed by atoms with Gasteiger partial charge in [0.1, 0.15) is 0 Å². The molecule has 2 unspecified atom stereocenters. The molecule has 2 atom stereocenters. The Hall–Kier alpha value is -1.00. The Kier molecular flexibility index (Phi) is 5.49. The van der Waals surface area contributed by atoms with Crippen LogP contribution >= 0.6 is 11.8 Å². The maximum Gasteiger partial charge on any atom is 0.166 e. The smallest absolute Gasteiger partial charge is 0.166 e. The first-order valence-corrected chi connectivity index (χ1v) is 8.45. The van der Waals surface area contributed by atoms with Crippen molar-refractivity contribution in [2.75, 3.05) is 12.3 Å². The number of imidazole rings is 1. The minimum Gasteiger partial charge on any atom is -0.333 e. The number of hydrogen-bond donors (Lipinski definition) is 2. The third kappa shape index (κ3) is 3.76. The van der Waals surface area contributed by atoms with Crippen LogP contribution in [0.2, 0.25) is 0 Å². The van der Waals surface area contributed by atoms with Gasteiger partial charge in [-0.05, 0) is 37.1 Å². The summed E-state index contributed by atoms with van der Waals surface area (Å²) in [6.07, 6.45) is 1.21. The Morgan fingerprint density at radius 1 is 1.35 bits per heavy atom. The second kappa shape index (κ2) is 7.14. The van der Waals surface area contributed by atoms with Crippen LogP contribution in [0.5, 0.6) is 0 Å². The van der Waals surface area contributed by atoms with E-state index in [-0.39, 0.29) is 0 Å². The highest BCUT2D eigenvalue weighted by molar-refractivity contribution is 7.99. The number of aryl methyl sites for hydroxylation is 1. The molecule has 110 valence electrons. The van der Waals surface area contributed by atoms with E-state index in [1.165, 1.54) is 12.0 Å². The monoisotopic (exact) mass is 291 g/mol. The van der Waals surface area contributed by atoms with E-state index in [9.17, 15) is 0 Å². The van der Waals surface area contributed by atoms with Gasteiger partial charge >= 0.3 is 0 Å². The van der Waals surface area contributed by atoms with E-state index in [2.05, 4.69) is 61.2 Å². The molecule has 0 bridgehead atoms. The summed E-state index contributed by atoms with van der Waals surface area (Å²) < 4.78 is 0. The third-order valence-corrected chi connectivity index (χ3v) is 4.80. The van der Waals surface area contributed by atoms with Crippen LogP contribution in [0.1, 0.15) is 32.8 Å². The Bertz CT molecular complexity index is 550.